The van der Waals surface area contributed by atoms with Gasteiger partial charge < -0.3 is 16.4 Å². The minimum atomic E-state index is -0.488. The number of hydrogen-bond donors (Lipinski definition) is 3. The Morgan fingerprint density at radius 2 is 1.75 bits per heavy atom. The third kappa shape index (κ3) is 3.61. The van der Waals surface area contributed by atoms with Gasteiger partial charge in [-0.2, -0.15) is 0 Å². The molecule has 4 N–H and O–H groups in total. The Balaban J connectivity index is 2.62. The number of rotatable bonds is 3. The predicted octanol–water partition coefficient (Wildman–Crippen LogP) is 1.32. The molecule has 0 saturated carbocycles. The van der Waals surface area contributed by atoms with Crippen LogP contribution in [-0.4, -0.2) is 18.0 Å². The standard InChI is InChI=1S/C11H15N3O2/c1-7(2)13-11(16)14-9-5-3-8(4-6-9)10(12)15/h3-7H,1-2H3,(H2,12,15)(H2,13,14,16). The molecule has 0 spiro atoms. The number of benzene rings is 1. The molecule has 0 atom stereocenters. The van der Waals surface area contributed by atoms with Gasteiger partial charge >= 0.3 is 6.03 Å². The van der Waals surface area contributed by atoms with E-state index in [0.717, 1.165) is 0 Å². The van der Waals surface area contributed by atoms with Gasteiger partial charge in [-0.05, 0) is 38.1 Å². The summed E-state index contributed by atoms with van der Waals surface area (Å²) in [7, 11) is 0. The molecule has 0 fully saturated rings. The Hall–Kier alpha value is -2.04. The van der Waals surface area contributed by atoms with E-state index in [2.05, 4.69) is 10.6 Å². The van der Waals surface area contributed by atoms with E-state index in [0.29, 0.717) is 11.3 Å². The van der Waals surface area contributed by atoms with Crippen LogP contribution in [-0.2, 0) is 0 Å². The topological polar surface area (TPSA) is 84.2 Å². The summed E-state index contributed by atoms with van der Waals surface area (Å²) in [6, 6.07) is 6.17. The molecule has 0 bridgehead atoms. The zero-order valence-corrected chi connectivity index (χ0v) is 9.28. The summed E-state index contributed by atoms with van der Waals surface area (Å²) in [6.45, 7) is 3.74. The van der Waals surface area contributed by atoms with Crippen molar-refractivity contribution in [2.45, 2.75) is 19.9 Å². The van der Waals surface area contributed by atoms with E-state index in [-0.39, 0.29) is 12.1 Å². The van der Waals surface area contributed by atoms with E-state index in [4.69, 9.17) is 5.73 Å². The van der Waals surface area contributed by atoms with Gasteiger partial charge in [0.15, 0.2) is 0 Å². The van der Waals surface area contributed by atoms with Crippen molar-refractivity contribution in [3.05, 3.63) is 29.8 Å². The van der Waals surface area contributed by atoms with Gasteiger partial charge in [0.1, 0.15) is 0 Å². The first-order valence-corrected chi connectivity index (χ1v) is 4.96. The number of urea groups is 1. The van der Waals surface area contributed by atoms with Gasteiger partial charge in [0.2, 0.25) is 5.91 Å². The molecule has 3 amide bonds. The van der Waals surface area contributed by atoms with Gasteiger partial charge in [-0.3, -0.25) is 4.79 Å². The van der Waals surface area contributed by atoms with Crippen LogP contribution in [0.3, 0.4) is 0 Å². The molecular weight excluding hydrogens is 206 g/mol. The SMILES string of the molecule is CC(C)NC(=O)Nc1ccc(C(N)=O)cc1. The summed E-state index contributed by atoms with van der Waals surface area (Å²) >= 11 is 0. The molecule has 1 aromatic carbocycles. The Labute approximate surface area is 94.0 Å². The van der Waals surface area contributed by atoms with Crippen LogP contribution in [0.1, 0.15) is 24.2 Å². The fraction of sp³-hybridized carbons (Fsp3) is 0.273. The maximum atomic E-state index is 11.3. The van der Waals surface area contributed by atoms with E-state index in [1.807, 2.05) is 13.8 Å². The highest BCUT2D eigenvalue weighted by molar-refractivity contribution is 5.94. The van der Waals surface area contributed by atoms with Crippen LogP contribution in [0.5, 0.6) is 0 Å². The Morgan fingerprint density at radius 3 is 2.19 bits per heavy atom. The van der Waals surface area contributed by atoms with Crippen molar-refractivity contribution in [1.29, 1.82) is 0 Å². The normalized spacial score (nSPS) is 9.94. The molecule has 1 aromatic rings. The first-order valence-electron chi connectivity index (χ1n) is 4.96. The minimum absolute atomic E-state index is 0.0740. The second kappa shape index (κ2) is 5.16. The first kappa shape index (κ1) is 12.0. The number of amides is 3. The summed E-state index contributed by atoms with van der Waals surface area (Å²) in [5, 5.41) is 5.32. The number of nitrogens with two attached hydrogens (primary N) is 1. The molecule has 0 aromatic heterocycles. The molecular formula is C11H15N3O2. The predicted molar refractivity (Wildman–Crippen MR) is 62.3 cm³/mol. The van der Waals surface area contributed by atoms with Crippen molar-refractivity contribution in [3.8, 4) is 0 Å². The van der Waals surface area contributed by atoms with Crippen molar-refractivity contribution < 1.29 is 9.59 Å². The van der Waals surface area contributed by atoms with Gasteiger partial charge in [-0.25, -0.2) is 4.79 Å². The highest BCUT2D eigenvalue weighted by Crippen LogP contribution is 2.08. The van der Waals surface area contributed by atoms with E-state index >= 15 is 0 Å². The molecule has 0 saturated heterocycles. The fourth-order valence-electron chi connectivity index (χ4n) is 1.15. The second-order valence-corrected chi connectivity index (χ2v) is 3.69. The van der Waals surface area contributed by atoms with Gasteiger partial charge in [0.05, 0.1) is 0 Å². The average molecular weight is 221 g/mol. The molecule has 0 aliphatic heterocycles. The van der Waals surface area contributed by atoms with Crippen molar-refractivity contribution in [1.82, 2.24) is 5.32 Å². The van der Waals surface area contributed by atoms with Crippen LogP contribution in [0.2, 0.25) is 0 Å². The summed E-state index contributed by atoms with van der Waals surface area (Å²) in [5.41, 5.74) is 6.12. The lowest BCUT2D eigenvalue weighted by molar-refractivity contribution is 0.100. The van der Waals surface area contributed by atoms with Crippen molar-refractivity contribution in [3.63, 3.8) is 0 Å². The third-order valence-electron chi connectivity index (χ3n) is 1.85. The molecule has 0 radical (unpaired) electrons. The second-order valence-electron chi connectivity index (χ2n) is 3.69. The Morgan fingerprint density at radius 1 is 1.19 bits per heavy atom. The molecule has 16 heavy (non-hydrogen) atoms. The number of carbonyl (C=O) groups is 2. The van der Waals surface area contributed by atoms with Gasteiger partial charge in [-0.1, -0.05) is 0 Å². The van der Waals surface area contributed by atoms with Crippen molar-refractivity contribution in [2.75, 3.05) is 5.32 Å². The number of hydrogen-bond acceptors (Lipinski definition) is 2. The van der Waals surface area contributed by atoms with Crippen LogP contribution in [0, 0.1) is 0 Å². The van der Waals surface area contributed by atoms with Gasteiger partial charge in [-0.15, -0.1) is 0 Å². The largest absolute Gasteiger partial charge is 0.366 e. The number of nitrogens with one attached hydrogen (secondary N) is 2. The van der Waals surface area contributed by atoms with Crippen LogP contribution in [0.15, 0.2) is 24.3 Å². The molecule has 1 rings (SSSR count). The quantitative estimate of drug-likeness (QED) is 0.719. The highest BCUT2D eigenvalue weighted by atomic mass is 16.2. The van der Waals surface area contributed by atoms with E-state index in [1.54, 1.807) is 24.3 Å². The molecule has 0 aliphatic carbocycles. The maximum Gasteiger partial charge on any atom is 0.319 e. The van der Waals surface area contributed by atoms with Crippen LogP contribution >= 0.6 is 0 Å². The van der Waals surface area contributed by atoms with E-state index in [9.17, 15) is 9.59 Å². The zero-order chi connectivity index (χ0) is 12.1. The molecule has 5 heteroatoms. The minimum Gasteiger partial charge on any atom is -0.366 e. The van der Waals surface area contributed by atoms with Gasteiger partial charge in [0, 0.05) is 17.3 Å². The Kier molecular flexibility index (Phi) is 3.88. The van der Waals surface area contributed by atoms with Gasteiger partial charge in [0.25, 0.3) is 0 Å². The molecule has 0 aliphatic rings. The summed E-state index contributed by atoms with van der Waals surface area (Å²) < 4.78 is 0. The lowest BCUT2D eigenvalue weighted by Gasteiger charge is -2.10. The van der Waals surface area contributed by atoms with E-state index in [1.165, 1.54) is 0 Å². The smallest absolute Gasteiger partial charge is 0.319 e. The fourth-order valence-corrected chi connectivity index (χ4v) is 1.15. The lowest BCUT2D eigenvalue weighted by Crippen LogP contribution is -2.34. The molecule has 0 heterocycles. The summed E-state index contributed by atoms with van der Waals surface area (Å²) in [5.74, 6) is -0.488. The number of anilines is 1. The third-order valence-corrected chi connectivity index (χ3v) is 1.85. The van der Waals surface area contributed by atoms with Crippen LogP contribution < -0.4 is 16.4 Å². The van der Waals surface area contributed by atoms with E-state index < -0.39 is 5.91 Å². The highest BCUT2D eigenvalue weighted by Gasteiger charge is 2.04. The zero-order valence-electron chi connectivity index (χ0n) is 9.28. The van der Waals surface area contributed by atoms with Crippen LogP contribution in [0.25, 0.3) is 0 Å². The monoisotopic (exact) mass is 221 g/mol. The summed E-state index contributed by atoms with van der Waals surface area (Å²) in [6.07, 6.45) is 0. The number of primary amides is 1. The lowest BCUT2D eigenvalue weighted by atomic mass is 10.2. The Bertz CT molecular complexity index is 385. The first-order chi connectivity index (χ1) is 7.49. The van der Waals surface area contributed by atoms with Crippen LogP contribution in [0.4, 0.5) is 10.5 Å². The molecule has 5 nitrogen and oxygen atoms in total. The molecule has 86 valence electrons. The average Bonchev–Trinajstić information content (AvgIpc) is 2.16. The number of carbonyl (C=O) groups excluding carboxylic acids is 2. The van der Waals surface area contributed by atoms with Crippen molar-refractivity contribution >= 4 is 17.6 Å². The molecule has 0 unspecified atom stereocenters. The van der Waals surface area contributed by atoms with Crippen molar-refractivity contribution in [2.24, 2.45) is 5.73 Å². The maximum absolute atomic E-state index is 11.3. The summed E-state index contributed by atoms with van der Waals surface area (Å²) in [4.78, 5) is 22.1.